The lowest BCUT2D eigenvalue weighted by Crippen LogP contribution is -2.09. The van der Waals surface area contributed by atoms with Gasteiger partial charge in [0.05, 0.1) is 12.7 Å². The first kappa shape index (κ1) is 10.7. The molecule has 1 aromatic carbocycles. The topological polar surface area (TPSA) is 52.3 Å². The molecule has 0 saturated carbocycles. The van der Waals surface area contributed by atoms with Crippen molar-refractivity contribution in [3.8, 4) is 0 Å². The van der Waals surface area contributed by atoms with Gasteiger partial charge in [-0.2, -0.15) is 0 Å². The molecule has 0 radical (unpaired) electrons. The third-order valence-electron chi connectivity index (χ3n) is 2.19. The van der Waals surface area contributed by atoms with Crippen molar-refractivity contribution in [2.75, 3.05) is 7.11 Å². The summed E-state index contributed by atoms with van der Waals surface area (Å²) in [7, 11) is 1.38. The van der Waals surface area contributed by atoms with Crippen LogP contribution in [0.4, 0.5) is 0 Å². The molecule has 0 saturated heterocycles. The van der Waals surface area contributed by atoms with Gasteiger partial charge in [-0.05, 0) is 31.0 Å². The lowest BCUT2D eigenvalue weighted by molar-refractivity contribution is 0.0600. The normalized spacial score (nSPS) is 12.3. The van der Waals surface area contributed by atoms with Crippen molar-refractivity contribution >= 4 is 5.97 Å². The molecule has 0 fully saturated rings. The van der Waals surface area contributed by atoms with Crippen LogP contribution in [0.3, 0.4) is 0 Å². The number of carbonyl (C=O) groups excluding carboxylic acids is 1. The fraction of sp³-hybridized carbons (Fsp3) is 0.364. The molecule has 0 aliphatic rings. The molecule has 0 aromatic heterocycles. The molecular formula is C11H15NO2. The molecule has 0 unspecified atom stereocenters. The number of benzene rings is 1. The van der Waals surface area contributed by atoms with Crippen molar-refractivity contribution < 1.29 is 9.53 Å². The van der Waals surface area contributed by atoms with Crippen LogP contribution in [0.1, 0.15) is 34.5 Å². The van der Waals surface area contributed by atoms with Gasteiger partial charge in [-0.3, -0.25) is 0 Å². The van der Waals surface area contributed by atoms with Gasteiger partial charge in [0, 0.05) is 6.04 Å². The average molecular weight is 193 g/mol. The number of aryl methyl sites for hydroxylation is 1. The van der Waals surface area contributed by atoms with Gasteiger partial charge in [-0.15, -0.1) is 0 Å². The molecule has 0 heterocycles. The lowest BCUT2D eigenvalue weighted by atomic mass is 10.0. The number of hydrogen-bond donors (Lipinski definition) is 1. The fourth-order valence-corrected chi connectivity index (χ4v) is 1.25. The van der Waals surface area contributed by atoms with Crippen LogP contribution in [-0.4, -0.2) is 13.1 Å². The molecule has 1 aromatic rings. The number of hydrogen-bond acceptors (Lipinski definition) is 3. The zero-order valence-corrected chi connectivity index (χ0v) is 8.70. The average Bonchev–Trinajstić information content (AvgIpc) is 2.17. The maximum Gasteiger partial charge on any atom is 0.338 e. The van der Waals surface area contributed by atoms with Crippen molar-refractivity contribution in [2.24, 2.45) is 5.73 Å². The largest absolute Gasteiger partial charge is 0.465 e. The first-order valence-corrected chi connectivity index (χ1v) is 4.50. The maximum absolute atomic E-state index is 11.3. The van der Waals surface area contributed by atoms with Crippen LogP contribution in [0, 0.1) is 6.92 Å². The summed E-state index contributed by atoms with van der Waals surface area (Å²) in [6.07, 6.45) is 0. The van der Waals surface area contributed by atoms with Crippen molar-refractivity contribution in [1.82, 2.24) is 0 Å². The Bertz CT molecular complexity index is 345. The van der Waals surface area contributed by atoms with Crippen molar-refractivity contribution in [1.29, 1.82) is 0 Å². The van der Waals surface area contributed by atoms with Gasteiger partial charge in [-0.1, -0.05) is 12.1 Å². The molecule has 0 aliphatic heterocycles. The molecule has 3 nitrogen and oxygen atoms in total. The van der Waals surface area contributed by atoms with E-state index in [4.69, 9.17) is 5.73 Å². The van der Waals surface area contributed by atoms with Crippen LogP contribution in [0.2, 0.25) is 0 Å². The zero-order chi connectivity index (χ0) is 10.7. The van der Waals surface area contributed by atoms with E-state index in [1.165, 1.54) is 7.11 Å². The van der Waals surface area contributed by atoms with Crippen LogP contribution in [0.15, 0.2) is 18.2 Å². The van der Waals surface area contributed by atoms with Crippen LogP contribution < -0.4 is 5.73 Å². The zero-order valence-electron chi connectivity index (χ0n) is 8.70. The molecule has 0 spiro atoms. The van der Waals surface area contributed by atoms with Gasteiger partial charge >= 0.3 is 5.97 Å². The van der Waals surface area contributed by atoms with Crippen LogP contribution in [-0.2, 0) is 4.74 Å². The summed E-state index contributed by atoms with van der Waals surface area (Å²) >= 11 is 0. The number of esters is 1. The highest BCUT2D eigenvalue weighted by Gasteiger charge is 2.10. The molecule has 1 atom stereocenters. The van der Waals surface area contributed by atoms with Crippen LogP contribution in [0.25, 0.3) is 0 Å². The fourth-order valence-electron chi connectivity index (χ4n) is 1.25. The van der Waals surface area contributed by atoms with Crippen molar-refractivity contribution in [3.63, 3.8) is 0 Å². The van der Waals surface area contributed by atoms with E-state index < -0.39 is 0 Å². The maximum atomic E-state index is 11.3. The Morgan fingerprint density at radius 3 is 2.64 bits per heavy atom. The Kier molecular flexibility index (Phi) is 3.25. The van der Waals surface area contributed by atoms with E-state index in [0.29, 0.717) is 5.56 Å². The van der Waals surface area contributed by atoms with Crippen LogP contribution in [0.5, 0.6) is 0 Å². The highest BCUT2D eigenvalue weighted by molar-refractivity contribution is 5.91. The monoisotopic (exact) mass is 193 g/mol. The Morgan fingerprint density at radius 1 is 1.50 bits per heavy atom. The third-order valence-corrected chi connectivity index (χ3v) is 2.19. The smallest absolute Gasteiger partial charge is 0.338 e. The van der Waals surface area contributed by atoms with Crippen molar-refractivity contribution in [3.05, 3.63) is 34.9 Å². The molecule has 14 heavy (non-hydrogen) atoms. The summed E-state index contributed by atoms with van der Waals surface area (Å²) in [6, 6.07) is 5.52. The standard InChI is InChI=1S/C11H15NO2/c1-7-4-5-9(8(2)12)6-10(7)11(13)14-3/h4-6,8H,12H2,1-3H3/t8-/m0/s1. The van der Waals surface area contributed by atoms with E-state index in [2.05, 4.69) is 4.74 Å². The Morgan fingerprint density at radius 2 is 2.14 bits per heavy atom. The summed E-state index contributed by atoms with van der Waals surface area (Å²) in [5, 5.41) is 0. The third kappa shape index (κ3) is 2.12. The first-order chi connectivity index (χ1) is 6.56. The van der Waals surface area contributed by atoms with Crippen LogP contribution >= 0.6 is 0 Å². The summed E-state index contributed by atoms with van der Waals surface area (Å²) in [5.74, 6) is -0.315. The number of methoxy groups -OCH3 is 1. The molecular weight excluding hydrogens is 178 g/mol. The second-order valence-electron chi connectivity index (χ2n) is 3.35. The Labute approximate surface area is 83.9 Å². The van der Waals surface area contributed by atoms with E-state index >= 15 is 0 Å². The number of nitrogens with two attached hydrogens (primary N) is 1. The van der Waals surface area contributed by atoms with E-state index in [-0.39, 0.29) is 12.0 Å². The minimum absolute atomic E-state index is 0.0704. The summed E-state index contributed by atoms with van der Waals surface area (Å²) in [6.45, 7) is 3.75. The van der Waals surface area contributed by atoms with Gasteiger partial charge in [-0.25, -0.2) is 4.79 Å². The second-order valence-corrected chi connectivity index (χ2v) is 3.35. The van der Waals surface area contributed by atoms with Gasteiger partial charge in [0.15, 0.2) is 0 Å². The van der Waals surface area contributed by atoms with E-state index in [1.807, 2.05) is 26.0 Å². The molecule has 1 rings (SSSR count). The lowest BCUT2D eigenvalue weighted by Gasteiger charge is -2.09. The minimum atomic E-state index is -0.315. The Balaban J connectivity index is 3.15. The summed E-state index contributed by atoms with van der Waals surface area (Å²) in [4.78, 5) is 11.3. The second kappa shape index (κ2) is 4.24. The van der Waals surface area contributed by atoms with E-state index in [0.717, 1.165) is 11.1 Å². The number of carbonyl (C=O) groups is 1. The molecule has 0 aliphatic carbocycles. The highest BCUT2D eigenvalue weighted by atomic mass is 16.5. The summed E-state index contributed by atoms with van der Waals surface area (Å²) in [5.41, 5.74) is 8.15. The number of ether oxygens (including phenoxy) is 1. The molecule has 0 bridgehead atoms. The quantitative estimate of drug-likeness (QED) is 0.729. The Hall–Kier alpha value is -1.35. The molecule has 2 N–H and O–H groups in total. The van der Waals surface area contributed by atoms with Gasteiger partial charge in [0.25, 0.3) is 0 Å². The van der Waals surface area contributed by atoms with E-state index in [9.17, 15) is 4.79 Å². The van der Waals surface area contributed by atoms with Gasteiger partial charge < -0.3 is 10.5 Å². The predicted molar refractivity (Wildman–Crippen MR) is 55.1 cm³/mol. The predicted octanol–water partition coefficient (Wildman–Crippen LogP) is 1.80. The first-order valence-electron chi connectivity index (χ1n) is 4.50. The SMILES string of the molecule is COC(=O)c1cc([C@H](C)N)ccc1C. The highest BCUT2D eigenvalue weighted by Crippen LogP contribution is 2.16. The molecule has 0 amide bonds. The molecule has 76 valence electrons. The van der Waals surface area contributed by atoms with E-state index in [1.54, 1.807) is 6.07 Å². The number of rotatable bonds is 2. The molecule has 3 heteroatoms. The van der Waals surface area contributed by atoms with Crippen molar-refractivity contribution in [2.45, 2.75) is 19.9 Å². The minimum Gasteiger partial charge on any atom is -0.465 e. The van der Waals surface area contributed by atoms with Gasteiger partial charge in [0.1, 0.15) is 0 Å². The summed E-state index contributed by atoms with van der Waals surface area (Å²) < 4.78 is 4.67. The van der Waals surface area contributed by atoms with Gasteiger partial charge in [0.2, 0.25) is 0 Å².